The molecule has 0 aliphatic rings. The van der Waals surface area contributed by atoms with E-state index in [2.05, 4.69) is 4.98 Å². The molecule has 1 aromatic rings. The van der Waals surface area contributed by atoms with E-state index >= 15 is 0 Å². The van der Waals surface area contributed by atoms with Crippen LogP contribution in [0.25, 0.3) is 0 Å². The number of hydrogen-bond acceptors (Lipinski definition) is 2. The van der Waals surface area contributed by atoms with Crippen LogP contribution in [0.4, 0.5) is 13.2 Å². The highest BCUT2D eigenvalue weighted by Gasteiger charge is 2.32. The van der Waals surface area contributed by atoms with Gasteiger partial charge in [0.15, 0.2) is 0 Å². The quantitative estimate of drug-likeness (QED) is 0.893. The monoisotopic (exact) mass is 247 g/mol. The highest BCUT2D eigenvalue weighted by atomic mass is 19.4. The van der Waals surface area contributed by atoms with E-state index in [9.17, 15) is 18.0 Å². The molecule has 0 aliphatic carbocycles. The van der Waals surface area contributed by atoms with Crippen LogP contribution in [0.5, 0.6) is 0 Å². The van der Waals surface area contributed by atoms with Crippen molar-refractivity contribution in [2.45, 2.75) is 26.4 Å². The van der Waals surface area contributed by atoms with Gasteiger partial charge >= 0.3 is 12.1 Å². The van der Waals surface area contributed by atoms with Crippen LogP contribution in [0.2, 0.25) is 0 Å². The van der Waals surface area contributed by atoms with Crippen LogP contribution in [0, 0.1) is 5.41 Å². The predicted molar refractivity (Wildman–Crippen MR) is 54.4 cm³/mol. The fourth-order valence-corrected chi connectivity index (χ4v) is 1.28. The van der Waals surface area contributed by atoms with E-state index in [0.717, 1.165) is 12.3 Å². The zero-order chi connectivity index (χ0) is 13.3. The van der Waals surface area contributed by atoms with Gasteiger partial charge in [0.05, 0.1) is 5.41 Å². The van der Waals surface area contributed by atoms with Gasteiger partial charge in [0.2, 0.25) is 0 Å². The highest BCUT2D eigenvalue weighted by Crippen LogP contribution is 2.28. The molecule has 0 saturated heterocycles. The van der Waals surface area contributed by atoms with Crippen molar-refractivity contribution in [1.29, 1.82) is 0 Å². The lowest BCUT2D eigenvalue weighted by atomic mass is 9.86. The summed E-state index contributed by atoms with van der Waals surface area (Å²) < 4.78 is 36.7. The molecule has 0 unspecified atom stereocenters. The van der Waals surface area contributed by atoms with E-state index in [0.29, 0.717) is 5.56 Å². The summed E-state index contributed by atoms with van der Waals surface area (Å²) in [6, 6.07) is 2.10. The molecule has 0 atom stereocenters. The Morgan fingerprint density at radius 1 is 1.35 bits per heavy atom. The third kappa shape index (κ3) is 3.44. The minimum Gasteiger partial charge on any atom is -0.481 e. The van der Waals surface area contributed by atoms with Crippen molar-refractivity contribution in [3.63, 3.8) is 0 Å². The summed E-state index contributed by atoms with van der Waals surface area (Å²) in [5.74, 6) is -1.00. The van der Waals surface area contributed by atoms with Crippen molar-refractivity contribution in [2.24, 2.45) is 5.41 Å². The maximum Gasteiger partial charge on any atom is 0.433 e. The van der Waals surface area contributed by atoms with Gasteiger partial charge in [0.1, 0.15) is 5.69 Å². The number of aromatic nitrogens is 1. The molecule has 1 aromatic heterocycles. The summed E-state index contributed by atoms with van der Waals surface area (Å²) >= 11 is 0. The van der Waals surface area contributed by atoms with Gasteiger partial charge in [-0.05, 0) is 31.9 Å². The van der Waals surface area contributed by atoms with Gasteiger partial charge in [-0.25, -0.2) is 0 Å². The number of aliphatic carboxylic acids is 1. The Morgan fingerprint density at radius 2 is 1.94 bits per heavy atom. The van der Waals surface area contributed by atoms with Crippen LogP contribution in [-0.4, -0.2) is 16.1 Å². The molecule has 94 valence electrons. The van der Waals surface area contributed by atoms with Gasteiger partial charge in [-0.1, -0.05) is 6.07 Å². The first-order chi connectivity index (χ1) is 7.63. The Balaban J connectivity index is 2.86. The summed E-state index contributed by atoms with van der Waals surface area (Å²) in [7, 11) is 0. The molecule has 0 amide bonds. The largest absolute Gasteiger partial charge is 0.481 e. The average Bonchev–Trinajstić information content (AvgIpc) is 2.16. The number of halogens is 3. The smallest absolute Gasteiger partial charge is 0.433 e. The standard InChI is InChI=1S/C11H12F3NO2/c1-10(2,9(16)17)5-7-3-4-8(15-6-7)11(12,13)14/h3-4,6H,5H2,1-2H3,(H,16,17). The molecule has 1 N–H and O–H groups in total. The Labute approximate surface area is 96.3 Å². The molecule has 0 bridgehead atoms. The second kappa shape index (κ2) is 4.35. The SMILES string of the molecule is CC(C)(Cc1ccc(C(F)(F)F)nc1)C(=O)O. The molecule has 1 rings (SSSR count). The van der Waals surface area contributed by atoms with E-state index in [1.807, 2.05) is 0 Å². The number of nitrogens with zero attached hydrogens (tertiary/aromatic N) is 1. The maximum absolute atomic E-state index is 12.2. The maximum atomic E-state index is 12.2. The predicted octanol–water partition coefficient (Wildman–Crippen LogP) is 2.75. The second-order valence-corrected chi connectivity index (χ2v) is 4.42. The topological polar surface area (TPSA) is 50.2 Å². The third-order valence-corrected chi connectivity index (χ3v) is 2.34. The fourth-order valence-electron chi connectivity index (χ4n) is 1.28. The number of carbonyl (C=O) groups is 1. The van der Waals surface area contributed by atoms with Crippen molar-refractivity contribution in [3.8, 4) is 0 Å². The number of carboxylic acids is 1. The van der Waals surface area contributed by atoms with Gasteiger partial charge in [0, 0.05) is 6.20 Å². The van der Waals surface area contributed by atoms with Crippen molar-refractivity contribution in [1.82, 2.24) is 4.98 Å². The van der Waals surface area contributed by atoms with Crippen LogP contribution in [0.3, 0.4) is 0 Å². The molecular formula is C11H12F3NO2. The second-order valence-electron chi connectivity index (χ2n) is 4.42. The summed E-state index contributed by atoms with van der Waals surface area (Å²) in [5.41, 5.74) is -1.54. The number of carboxylic acid groups (broad SMARTS) is 1. The molecule has 0 radical (unpaired) electrons. The minimum absolute atomic E-state index is 0.132. The lowest BCUT2D eigenvalue weighted by Crippen LogP contribution is -2.26. The molecule has 0 saturated carbocycles. The summed E-state index contributed by atoms with van der Waals surface area (Å²) in [6.45, 7) is 3.01. The van der Waals surface area contributed by atoms with Crippen LogP contribution in [-0.2, 0) is 17.4 Å². The van der Waals surface area contributed by atoms with Crippen molar-refractivity contribution < 1.29 is 23.1 Å². The normalized spacial score (nSPS) is 12.5. The molecule has 0 aromatic carbocycles. The first kappa shape index (κ1) is 13.5. The van der Waals surface area contributed by atoms with Gasteiger partial charge < -0.3 is 5.11 Å². The van der Waals surface area contributed by atoms with Crippen molar-refractivity contribution in [3.05, 3.63) is 29.6 Å². The van der Waals surface area contributed by atoms with Crippen LogP contribution < -0.4 is 0 Å². The third-order valence-electron chi connectivity index (χ3n) is 2.34. The highest BCUT2D eigenvalue weighted by molar-refractivity contribution is 5.74. The molecule has 17 heavy (non-hydrogen) atoms. The Kier molecular flexibility index (Phi) is 3.45. The minimum atomic E-state index is -4.47. The molecule has 0 aliphatic heterocycles. The Morgan fingerprint density at radius 3 is 2.29 bits per heavy atom. The van der Waals surface area contributed by atoms with E-state index < -0.39 is 23.3 Å². The van der Waals surface area contributed by atoms with Gasteiger partial charge in [0.25, 0.3) is 0 Å². The molecule has 3 nitrogen and oxygen atoms in total. The van der Waals surface area contributed by atoms with Crippen molar-refractivity contribution >= 4 is 5.97 Å². The molecule has 0 fully saturated rings. The van der Waals surface area contributed by atoms with E-state index in [4.69, 9.17) is 5.11 Å². The van der Waals surface area contributed by atoms with Crippen LogP contribution in [0.15, 0.2) is 18.3 Å². The fraction of sp³-hybridized carbons (Fsp3) is 0.455. The number of hydrogen-bond donors (Lipinski definition) is 1. The first-order valence-electron chi connectivity index (χ1n) is 4.88. The summed E-state index contributed by atoms with van der Waals surface area (Å²) in [6.07, 6.45) is -3.28. The lowest BCUT2D eigenvalue weighted by molar-refractivity contribution is -0.147. The average molecular weight is 247 g/mol. The van der Waals surface area contributed by atoms with Crippen LogP contribution >= 0.6 is 0 Å². The first-order valence-corrected chi connectivity index (χ1v) is 4.88. The van der Waals surface area contributed by atoms with Crippen LogP contribution in [0.1, 0.15) is 25.1 Å². The zero-order valence-corrected chi connectivity index (χ0v) is 9.38. The number of pyridine rings is 1. The van der Waals surface area contributed by atoms with Crippen molar-refractivity contribution in [2.75, 3.05) is 0 Å². The summed E-state index contributed by atoms with van der Waals surface area (Å²) in [5, 5.41) is 8.89. The molecular weight excluding hydrogens is 235 g/mol. The summed E-state index contributed by atoms with van der Waals surface area (Å²) in [4.78, 5) is 14.1. The number of alkyl halides is 3. The molecule has 0 spiro atoms. The Hall–Kier alpha value is -1.59. The molecule has 1 heterocycles. The lowest BCUT2D eigenvalue weighted by Gasteiger charge is -2.18. The van der Waals surface area contributed by atoms with E-state index in [-0.39, 0.29) is 6.42 Å². The number of rotatable bonds is 3. The van der Waals surface area contributed by atoms with E-state index in [1.165, 1.54) is 19.9 Å². The van der Waals surface area contributed by atoms with Gasteiger partial charge in [-0.15, -0.1) is 0 Å². The molecule has 6 heteroatoms. The zero-order valence-electron chi connectivity index (χ0n) is 9.38. The Bertz CT molecular complexity index is 410. The van der Waals surface area contributed by atoms with E-state index in [1.54, 1.807) is 0 Å². The van der Waals surface area contributed by atoms with Gasteiger partial charge in [-0.2, -0.15) is 13.2 Å². The van der Waals surface area contributed by atoms with Gasteiger partial charge in [-0.3, -0.25) is 9.78 Å².